The van der Waals surface area contributed by atoms with E-state index in [-0.39, 0.29) is 6.10 Å². The average Bonchev–Trinajstić information content (AvgIpc) is 3.29. The Morgan fingerprint density at radius 1 is 0.613 bits per heavy atom. The van der Waals surface area contributed by atoms with Crippen molar-refractivity contribution in [2.24, 2.45) is 10.7 Å². The van der Waals surface area contributed by atoms with Crippen LogP contribution in [-0.4, -0.2) is 62.2 Å². The molecule has 0 rings (SSSR count). The molecule has 0 heterocycles. The highest BCUT2D eigenvalue weighted by atomic mass is 16.5. The topological polar surface area (TPSA) is 72.1 Å². The number of aliphatic imine (C=N–C) groups is 1. The van der Waals surface area contributed by atoms with E-state index in [0.717, 1.165) is 68.8 Å². The Morgan fingerprint density at radius 3 is 1.50 bits per heavy atom. The van der Waals surface area contributed by atoms with E-state index >= 15 is 0 Å². The van der Waals surface area contributed by atoms with Gasteiger partial charge in [0.25, 0.3) is 0 Å². The SMILES string of the molecule is C=C=C(CCCCCCCN(CCCCCCCC(C=C)OC(CCCCCCCC)CCCCCCCC)CCCN/C(=C/N)C(C)=NC)OC(CC)CCCCCCCC. The molecule has 6 nitrogen and oxygen atoms in total. The molecule has 0 radical (unpaired) electrons. The first-order chi connectivity index (χ1) is 30.4. The molecule has 0 saturated heterocycles. The summed E-state index contributed by atoms with van der Waals surface area (Å²) in [5.74, 6) is 0.982. The zero-order chi connectivity index (χ0) is 45.6. The summed E-state index contributed by atoms with van der Waals surface area (Å²) >= 11 is 0. The van der Waals surface area contributed by atoms with Crippen LogP contribution < -0.4 is 11.1 Å². The summed E-state index contributed by atoms with van der Waals surface area (Å²) in [7, 11) is 1.82. The molecule has 6 heteroatoms. The first-order valence-electron chi connectivity index (χ1n) is 27.1. The first-order valence-corrected chi connectivity index (χ1v) is 27.1. The maximum Gasteiger partial charge on any atom is 0.138 e. The van der Waals surface area contributed by atoms with Crippen molar-refractivity contribution in [3.63, 3.8) is 0 Å². The minimum Gasteiger partial charge on any atom is -0.487 e. The molecular weight excluding hydrogens is 761 g/mol. The lowest BCUT2D eigenvalue weighted by atomic mass is 10.0. The summed E-state index contributed by atoms with van der Waals surface area (Å²) in [6.45, 7) is 23.7. The predicted octanol–water partition coefficient (Wildman–Crippen LogP) is 16.5. The number of unbranched alkanes of at least 4 members (excludes halogenated alkanes) is 23. The van der Waals surface area contributed by atoms with Crippen LogP contribution in [0.1, 0.15) is 259 Å². The van der Waals surface area contributed by atoms with Crippen LogP contribution >= 0.6 is 0 Å². The van der Waals surface area contributed by atoms with Gasteiger partial charge in [-0.1, -0.05) is 200 Å². The predicted molar refractivity (Wildman–Crippen MR) is 276 cm³/mol. The van der Waals surface area contributed by atoms with E-state index in [4.69, 9.17) is 15.2 Å². The molecule has 0 aliphatic rings. The fourth-order valence-corrected chi connectivity index (χ4v) is 8.61. The van der Waals surface area contributed by atoms with E-state index in [1.54, 1.807) is 6.20 Å². The van der Waals surface area contributed by atoms with Gasteiger partial charge >= 0.3 is 0 Å². The Hall–Kier alpha value is -2.01. The van der Waals surface area contributed by atoms with Gasteiger partial charge < -0.3 is 25.4 Å². The summed E-state index contributed by atoms with van der Waals surface area (Å²) in [4.78, 5) is 7.02. The van der Waals surface area contributed by atoms with Crippen molar-refractivity contribution in [2.45, 2.75) is 278 Å². The van der Waals surface area contributed by atoms with E-state index < -0.39 is 0 Å². The molecule has 0 aliphatic heterocycles. The molecule has 0 aliphatic carbocycles. The zero-order valence-electron chi connectivity index (χ0n) is 42.7. The maximum atomic E-state index is 6.77. The van der Waals surface area contributed by atoms with E-state index in [0.29, 0.717) is 12.2 Å². The molecule has 0 bridgehead atoms. The third-order valence-electron chi connectivity index (χ3n) is 12.9. The van der Waals surface area contributed by atoms with Crippen molar-refractivity contribution in [1.29, 1.82) is 0 Å². The molecule has 0 fully saturated rings. The van der Waals surface area contributed by atoms with Gasteiger partial charge in [0.05, 0.1) is 29.7 Å². The molecule has 0 aromatic rings. The summed E-state index contributed by atoms with van der Waals surface area (Å²) in [6, 6.07) is 0. The van der Waals surface area contributed by atoms with Crippen LogP contribution in [0.4, 0.5) is 0 Å². The van der Waals surface area contributed by atoms with Crippen molar-refractivity contribution in [1.82, 2.24) is 10.2 Å². The van der Waals surface area contributed by atoms with Crippen LogP contribution in [0, 0.1) is 0 Å². The largest absolute Gasteiger partial charge is 0.487 e. The van der Waals surface area contributed by atoms with Crippen molar-refractivity contribution in [2.75, 3.05) is 33.2 Å². The molecule has 3 N–H and O–H groups in total. The summed E-state index contributed by atoms with van der Waals surface area (Å²) in [6.07, 6.45) is 49.4. The van der Waals surface area contributed by atoms with Crippen molar-refractivity contribution in [3.8, 4) is 0 Å². The average molecular weight is 870 g/mol. The van der Waals surface area contributed by atoms with Gasteiger partial charge in [-0.25, -0.2) is 0 Å². The molecule has 2 atom stereocenters. The van der Waals surface area contributed by atoms with E-state index in [1.165, 1.54) is 199 Å². The second-order valence-corrected chi connectivity index (χ2v) is 18.5. The van der Waals surface area contributed by atoms with Crippen LogP contribution in [0.25, 0.3) is 0 Å². The van der Waals surface area contributed by atoms with Crippen molar-refractivity contribution in [3.05, 3.63) is 42.6 Å². The molecule has 2 unspecified atom stereocenters. The van der Waals surface area contributed by atoms with Gasteiger partial charge in [-0.05, 0) is 90.8 Å². The normalized spacial score (nSPS) is 13.2. The molecule has 0 aromatic heterocycles. The molecule has 0 saturated carbocycles. The lowest BCUT2D eigenvalue weighted by Gasteiger charge is -2.24. The Balaban J connectivity index is 4.75. The highest BCUT2D eigenvalue weighted by molar-refractivity contribution is 5.97. The number of rotatable bonds is 49. The third-order valence-corrected chi connectivity index (χ3v) is 12.9. The minimum absolute atomic E-state index is 0.202. The lowest BCUT2D eigenvalue weighted by molar-refractivity contribution is -0.00351. The third kappa shape index (κ3) is 37.4. The highest BCUT2D eigenvalue weighted by Gasteiger charge is 2.15. The Bertz CT molecular complexity index is 1070. The van der Waals surface area contributed by atoms with E-state index in [2.05, 4.69) is 67.9 Å². The summed E-state index contributed by atoms with van der Waals surface area (Å²) in [5, 5.41) is 3.51. The Kier molecular flexibility index (Phi) is 45.4. The standard InChI is InChI=1S/C56H108N4O2/c1-9-15-18-21-26-33-41-52(12-4)61-53(13-5)42-34-29-24-31-38-47-60(49-40-46-59-56(50-57)51(7)58-8)48-39-32-25-30-35-43-54(14-6)62-55(44-36-27-22-19-16-10-2)45-37-28-23-20-17-11-3/h14,50,52,54-55,59H,5-6,9-12,15-49,57H2,1-4,7-8H3/b56-50+,58-51?. The molecule has 0 spiro atoms. The zero-order valence-corrected chi connectivity index (χ0v) is 42.7. The Labute approximate surface area is 388 Å². The van der Waals surface area contributed by atoms with Gasteiger partial charge in [-0.3, -0.25) is 4.99 Å². The monoisotopic (exact) mass is 869 g/mol. The lowest BCUT2D eigenvalue weighted by Crippen LogP contribution is -2.30. The van der Waals surface area contributed by atoms with Gasteiger partial charge in [-0.15, -0.1) is 6.58 Å². The second kappa shape index (κ2) is 47.0. The fraction of sp³-hybridized carbons (Fsp3) is 0.857. The second-order valence-electron chi connectivity index (χ2n) is 18.5. The fourth-order valence-electron chi connectivity index (χ4n) is 8.61. The number of hydrogen-bond acceptors (Lipinski definition) is 6. The Morgan fingerprint density at radius 2 is 1.05 bits per heavy atom. The quantitative estimate of drug-likeness (QED) is 0.0210. The smallest absolute Gasteiger partial charge is 0.138 e. The molecular formula is C56H108N4O2. The molecule has 62 heavy (non-hydrogen) atoms. The number of nitrogens with one attached hydrogen (secondary N) is 1. The van der Waals surface area contributed by atoms with Crippen LogP contribution in [0.15, 0.2) is 47.6 Å². The number of nitrogens with zero attached hydrogens (tertiary/aromatic N) is 2. The number of ether oxygens (including phenoxy) is 2. The van der Waals surface area contributed by atoms with Crippen molar-refractivity contribution < 1.29 is 9.47 Å². The minimum atomic E-state index is 0.202. The molecule has 364 valence electrons. The first kappa shape index (κ1) is 60.0. The molecule has 0 aromatic carbocycles. The highest BCUT2D eigenvalue weighted by Crippen LogP contribution is 2.22. The number of allylic oxidation sites excluding steroid dienone is 2. The number of hydrogen-bond donors (Lipinski definition) is 2. The number of nitrogens with two attached hydrogens (primary N) is 1. The van der Waals surface area contributed by atoms with Crippen LogP contribution in [0.2, 0.25) is 0 Å². The summed E-state index contributed by atoms with van der Waals surface area (Å²) < 4.78 is 13.1. The van der Waals surface area contributed by atoms with Crippen LogP contribution in [0.5, 0.6) is 0 Å². The maximum absolute atomic E-state index is 6.77. The van der Waals surface area contributed by atoms with E-state index in [1.807, 2.05) is 14.0 Å². The van der Waals surface area contributed by atoms with Gasteiger partial charge in [0.1, 0.15) is 5.76 Å². The summed E-state index contributed by atoms with van der Waals surface area (Å²) in [5.41, 5.74) is 10.9. The van der Waals surface area contributed by atoms with Crippen LogP contribution in [0.3, 0.4) is 0 Å². The van der Waals surface area contributed by atoms with Crippen molar-refractivity contribution >= 4 is 5.71 Å². The van der Waals surface area contributed by atoms with Gasteiger partial charge in [0, 0.05) is 26.2 Å². The van der Waals surface area contributed by atoms with Gasteiger partial charge in [0.15, 0.2) is 0 Å². The van der Waals surface area contributed by atoms with Gasteiger partial charge in [0.2, 0.25) is 0 Å². The van der Waals surface area contributed by atoms with E-state index in [9.17, 15) is 0 Å². The van der Waals surface area contributed by atoms with Gasteiger partial charge in [-0.2, -0.15) is 0 Å². The van der Waals surface area contributed by atoms with Crippen LogP contribution in [-0.2, 0) is 9.47 Å². The molecule has 0 amide bonds.